The van der Waals surface area contributed by atoms with Gasteiger partial charge in [-0.2, -0.15) is 0 Å². The molecule has 4 nitrogen and oxygen atoms in total. The number of likely N-dealkylation sites (tertiary alicyclic amines) is 1. The zero-order valence-electron chi connectivity index (χ0n) is 10.1. The van der Waals surface area contributed by atoms with Crippen molar-refractivity contribution in [1.29, 1.82) is 0 Å². The highest BCUT2D eigenvalue weighted by Crippen LogP contribution is 2.23. The van der Waals surface area contributed by atoms with Crippen LogP contribution in [0.4, 0.5) is 0 Å². The molecule has 1 heterocycles. The van der Waals surface area contributed by atoms with Gasteiger partial charge in [-0.25, -0.2) is 0 Å². The van der Waals surface area contributed by atoms with E-state index in [1.165, 1.54) is 6.21 Å². The summed E-state index contributed by atoms with van der Waals surface area (Å²) in [6.07, 6.45) is 11.8. The zero-order chi connectivity index (χ0) is 12.1. The first kappa shape index (κ1) is 12.1. The fraction of sp³-hybridized carbons (Fsp3) is 0.692. The highest BCUT2D eigenvalue weighted by Gasteiger charge is 2.29. The van der Waals surface area contributed by atoms with Crippen molar-refractivity contribution >= 4 is 12.1 Å². The monoisotopic (exact) mass is 236 g/mol. The van der Waals surface area contributed by atoms with Crippen molar-refractivity contribution in [2.75, 3.05) is 6.54 Å². The predicted octanol–water partition coefficient (Wildman–Crippen LogP) is 2.18. The van der Waals surface area contributed by atoms with Gasteiger partial charge in [0.15, 0.2) is 0 Å². The molecule has 1 fully saturated rings. The van der Waals surface area contributed by atoms with Crippen molar-refractivity contribution in [1.82, 2.24) is 4.90 Å². The molecule has 94 valence electrons. The number of allylic oxidation sites excluding steroid dienone is 1. The molecule has 2 atom stereocenters. The van der Waals surface area contributed by atoms with Crippen LogP contribution in [-0.4, -0.2) is 34.8 Å². The van der Waals surface area contributed by atoms with Gasteiger partial charge in [0.1, 0.15) is 0 Å². The minimum absolute atomic E-state index is 0.0171. The molecule has 1 aliphatic carbocycles. The Balaban J connectivity index is 2.04. The lowest BCUT2D eigenvalue weighted by Crippen LogP contribution is -2.47. The molecule has 4 heteroatoms. The Bertz CT molecular complexity index is 325. The number of hydrogen-bond acceptors (Lipinski definition) is 3. The van der Waals surface area contributed by atoms with Crippen LogP contribution in [0.25, 0.3) is 0 Å². The maximum Gasteiger partial charge on any atom is 0.230 e. The standard InChI is InChI=1S/C13H20N2O2/c16-13(11-6-2-1-3-7-11)15-9-5-4-8-12(15)10-14-17/h2,6,10-12,17H,1,3-5,7-9H2/b14-10+. The van der Waals surface area contributed by atoms with E-state index in [2.05, 4.69) is 11.2 Å². The molecule has 1 saturated heterocycles. The summed E-state index contributed by atoms with van der Waals surface area (Å²) in [5.74, 6) is 0.238. The molecule has 0 spiro atoms. The van der Waals surface area contributed by atoms with Crippen molar-refractivity contribution in [2.45, 2.75) is 44.6 Å². The molecule has 0 aromatic heterocycles. The average molecular weight is 236 g/mol. The zero-order valence-corrected chi connectivity index (χ0v) is 10.1. The Morgan fingerprint density at radius 2 is 2.24 bits per heavy atom. The van der Waals surface area contributed by atoms with E-state index in [-0.39, 0.29) is 17.9 Å². The third kappa shape index (κ3) is 2.87. The third-order valence-electron chi connectivity index (χ3n) is 3.64. The molecule has 1 amide bonds. The highest BCUT2D eigenvalue weighted by atomic mass is 16.4. The van der Waals surface area contributed by atoms with Gasteiger partial charge in [-0.1, -0.05) is 17.3 Å². The number of hydrogen-bond donors (Lipinski definition) is 1. The van der Waals surface area contributed by atoms with E-state index in [0.29, 0.717) is 0 Å². The maximum atomic E-state index is 12.4. The minimum atomic E-state index is -0.0171. The van der Waals surface area contributed by atoms with Gasteiger partial charge in [0.05, 0.1) is 18.2 Å². The Morgan fingerprint density at radius 3 is 2.94 bits per heavy atom. The summed E-state index contributed by atoms with van der Waals surface area (Å²) in [7, 11) is 0. The Labute approximate surface area is 102 Å². The second-order valence-electron chi connectivity index (χ2n) is 4.82. The first-order valence-corrected chi connectivity index (χ1v) is 6.47. The first-order valence-electron chi connectivity index (χ1n) is 6.47. The molecule has 2 rings (SSSR count). The smallest absolute Gasteiger partial charge is 0.230 e. The lowest BCUT2D eigenvalue weighted by atomic mass is 9.92. The van der Waals surface area contributed by atoms with Crippen LogP contribution in [0.1, 0.15) is 38.5 Å². The Hall–Kier alpha value is -1.32. The van der Waals surface area contributed by atoms with Crippen LogP contribution < -0.4 is 0 Å². The number of nitrogens with zero attached hydrogens (tertiary/aromatic N) is 2. The van der Waals surface area contributed by atoms with Crippen molar-refractivity contribution in [3.63, 3.8) is 0 Å². The largest absolute Gasteiger partial charge is 0.411 e. The van der Waals surface area contributed by atoms with E-state index in [4.69, 9.17) is 5.21 Å². The second-order valence-corrected chi connectivity index (χ2v) is 4.82. The lowest BCUT2D eigenvalue weighted by molar-refractivity contribution is -0.136. The summed E-state index contributed by atoms with van der Waals surface area (Å²) in [6.45, 7) is 0.792. The molecule has 2 aliphatic rings. The maximum absolute atomic E-state index is 12.4. The van der Waals surface area contributed by atoms with Crippen LogP contribution in [0.3, 0.4) is 0 Å². The highest BCUT2D eigenvalue weighted by molar-refractivity contribution is 5.84. The number of piperidine rings is 1. The van der Waals surface area contributed by atoms with Crippen molar-refractivity contribution in [3.05, 3.63) is 12.2 Å². The summed E-state index contributed by atoms with van der Waals surface area (Å²) in [4.78, 5) is 14.2. The number of rotatable bonds is 2. The summed E-state index contributed by atoms with van der Waals surface area (Å²) in [6, 6.07) is -0.0171. The van der Waals surface area contributed by atoms with Crippen molar-refractivity contribution in [2.24, 2.45) is 11.1 Å². The lowest BCUT2D eigenvalue weighted by Gasteiger charge is -2.35. The molecule has 1 N–H and O–H groups in total. The van der Waals surface area contributed by atoms with Gasteiger partial charge in [-0.15, -0.1) is 0 Å². The van der Waals surface area contributed by atoms with Crippen LogP contribution in [0.2, 0.25) is 0 Å². The number of oxime groups is 1. The average Bonchev–Trinajstić information content (AvgIpc) is 2.40. The molecule has 0 saturated carbocycles. The van der Waals surface area contributed by atoms with Gasteiger partial charge >= 0.3 is 0 Å². The van der Waals surface area contributed by atoms with E-state index >= 15 is 0 Å². The summed E-state index contributed by atoms with van der Waals surface area (Å²) in [5.41, 5.74) is 0. The number of carbonyl (C=O) groups is 1. The molecule has 0 aromatic rings. The predicted molar refractivity (Wildman–Crippen MR) is 66.1 cm³/mol. The van der Waals surface area contributed by atoms with Crippen LogP contribution in [0.15, 0.2) is 17.3 Å². The van der Waals surface area contributed by atoms with Crippen molar-refractivity contribution < 1.29 is 10.0 Å². The molecule has 0 aromatic carbocycles. The van der Waals surface area contributed by atoms with E-state index in [1.54, 1.807) is 0 Å². The van der Waals surface area contributed by atoms with Crippen LogP contribution in [-0.2, 0) is 4.79 Å². The normalized spacial score (nSPS) is 29.8. The summed E-state index contributed by atoms with van der Waals surface area (Å²) in [5, 5.41) is 11.7. The number of amides is 1. The molecule has 0 bridgehead atoms. The van der Waals surface area contributed by atoms with E-state index in [0.717, 1.165) is 45.1 Å². The van der Waals surface area contributed by atoms with E-state index in [1.807, 2.05) is 11.0 Å². The van der Waals surface area contributed by atoms with Crippen LogP contribution >= 0.6 is 0 Å². The first-order chi connectivity index (χ1) is 8.33. The van der Waals surface area contributed by atoms with Gasteiger partial charge < -0.3 is 10.1 Å². The quantitative estimate of drug-likeness (QED) is 0.346. The fourth-order valence-electron chi connectivity index (χ4n) is 2.69. The van der Waals surface area contributed by atoms with Gasteiger partial charge in [0.25, 0.3) is 0 Å². The number of carbonyl (C=O) groups excluding carboxylic acids is 1. The van der Waals surface area contributed by atoms with Crippen LogP contribution in [0, 0.1) is 5.92 Å². The van der Waals surface area contributed by atoms with Gasteiger partial charge in [-0.05, 0) is 38.5 Å². The SMILES string of the molecule is O=C(C1C=CCCC1)N1CCCCC1/C=N/O. The van der Waals surface area contributed by atoms with E-state index < -0.39 is 0 Å². The topological polar surface area (TPSA) is 52.9 Å². The van der Waals surface area contributed by atoms with Crippen LogP contribution in [0.5, 0.6) is 0 Å². The molecular weight excluding hydrogens is 216 g/mol. The second kappa shape index (κ2) is 5.84. The van der Waals surface area contributed by atoms with Gasteiger partial charge in [0, 0.05) is 6.54 Å². The third-order valence-corrected chi connectivity index (χ3v) is 3.64. The Morgan fingerprint density at radius 1 is 1.35 bits per heavy atom. The van der Waals surface area contributed by atoms with E-state index in [9.17, 15) is 4.79 Å². The van der Waals surface area contributed by atoms with Crippen molar-refractivity contribution in [3.8, 4) is 0 Å². The minimum Gasteiger partial charge on any atom is -0.411 e. The van der Waals surface area contributed by atoms with Gasteiger partial charge in [-0.3, -0.25) is 4.79 Å². The molecule has 17 heavy (non-hydrogen) atoms. The van der Waals surface area contributed by atoms with Gasteiger partial charge in [0.2, 0.25) is 5.91 Å². The molecule has 2 unspecified atom stereocenters. The summed E-state index contributed by atoms with van der Waals surface area (Å²) >= 11 is 0. The molecular formula is C13H20N2O2. The fourth-order valence-corrected chi connectivity index (χ4v) is 2.69. The Kier molecular flexibility index (Phi) is 4.18. The summed E-state index contributed by atoms with van der Waals surface area (Å²) < 4.78 is 0. The molecule has 0 radical (unpaired) electrons. The molecule has 1 aliphatic heterocycles.